The fraction of sp³-hybridized carbons (Fsp3) is 0.130. The van der Waals surface area contributed by atoms with Crippen LogP contribution in [0.15, 0.2) is 66.7 Å². The Balaban J connectivity index is 1.67. The molecule has 1 aromatic heterocycles. The number of hydrogen-bond acceptors (Lipinski definition) is 5. The Morgan fingerprint density at radius 1 is 1.03 bits per heavy atom. The highest BCUT2D eigenvalue weighted by Crippen LogP contribution is 2.23. The molecule has 8 heteroatoms. The minimum Gasteiger partial charge on any atom is -0.448 e. The molecular formula is C23H17Cl2N3O3. The molecule has 3 aromatic carbocycles. The van der Waals surface area contributed by atoms with E-state index in [-0.39, 0.29) is 22.9 Å². The van der Waals surface area contributed by atoms with E-state index in [2.05, 4.69) is 10.3 Å². The van der Waals surface area contributed by atoms with Gasteiger partial charge < -0.3 is 4.74 Å². The fourth-order valence-corrected chi connectivity index (χ4v) is 3.62. The summed E-state index contributed by atoms with van der Waals surface area (Å²) in [6.07, 6.45) is -1.13. The first-order valence-electron chi connectivity index (χ1n) is 9.47. The van der Waals surface area contributed by atoms with Crippen molar-refractivity contribution in [2.75, 3.05) is 0 Å². The summed E-state index contributed by atoms with van der Waals surface area (Å²) in [7, 11) is 0. The predicted molar refractivity (Wildman–Crippen MR) is 119 cm³/mol. The third kappa shape index (κ3) is 4.60. The van der Waals surface area contributed by atoms with Gasteiger partial charge in [-0.3, -0.25) is 4.79 Å². The monoisotopic (exact) mass is 453 g/mol. The zero-order chi connectivity index (χ0) is 22.0. The van der Waals surface area contributed by atoms with Gasteiger partial charge in [-0.1, -0.05) is 70.4 Å². The number of para-hydroxylation sites is 1. The Bertz CT molecular complexity index is 1270. The highest BCUT2D eigenvalue weighted by atomic mass is 35.5. The Morgan fingerprint density at radius 3 is 2.52 bits per heavy atom. The summed E-state index contributed by atoms with van der Waals surface area (Å²) >= 11 is 12.1. The maximum Gasteiger partial charge on any atom is 0.340 e. The molecule has 0 unspecified atom stereocenters. The molecule has 0 aliphatic carbocycles. The Morgan fingerprint density at radius 2 is 1.77 bits per heavy atom. The van der Waals surface area contributed by atoms with Crippen molar-refractivity contribution in [3.8, 4) is 0 Å². The number of fused-ring (bicyclic) bond motifs is 1. The summed E-state index contributed by atoms with van der Waals surface area (Å²) in [5.41, 5.74) is 2.97. The van der Waals surface area contributed by atoms with Crippen LogP contribution in [0.2, 0.25) is 10.0 Å². The van der Waals surface area contributed by atoms with E-state index in [0.717, 1.165) is 11.1 Å². The third-order valence-corrected chi connectivity index (χ3v) is 5.34. The Kier molecular flexibility index (Phi) is 6.02. The van der Waals surface area contributed by atoms with E-state index in [4.69, 9.17) is 27.9 Å². The average Bonchev–Trinajstić information content (AvgIpc) is 3.16. The molecule has 0 spiro atoms. The number of hydrogen-bond donors (Lipinski definition) is 0. The molecule has 6 nitrogen and oxygen atoms in total. The summed E-state index contributed by atoms with van der Waals surface area (Å²) < 4.78 is 7.17. The van der Waals surface area contributed by atoms with Crippen LogP contribution < -0.4 is 0 Å². The van der Waals surface area contributed by atoms with Gasteiger partial charge in [0.2, 0.25) is 5.78 Å². The van der Waals surface area contributed by atoms with E-state index in [1.165, 1.54) is 18.2 Å². The van der Waals surface area contributed by atoms with E-state index in [0.29, 0.717) is 16.1 Å². The lowest BCUT2D eigenvalue weighted by Crippen LogP contribution is -2.32. The Hall–Kier alpha value is -3.22. The topological polar surface area (TPSA) is 74.1 Å². The van der Waals surface area contributed by atoms with Crippen LogP contribution >= 0.6 is 23.2 Å². The van der Waals surface area contributed by atoms with E-state index < -0.39 is 12.1 Å². The molecule has 0 bridgehead atoms. The number of carbonyl (C=O) groups excluding carboxylic acids is 2. The van der Waals surface area contributed by atoms with E-state index in [9.17, 15) is 9.59 Å². The molecule has 0 aliphatic heterocycles. The quantitative estimate of drug-likeness (QED) is 0.297. The molecule has 4 aromatic rings. The number of benzene rings is 3. The molecule has 156 valence electrons. The van der Waals surface area contributed by atoms with Crippen molar-refractivity contribution in [1.82, 2.24) is 15.0 Å². The predicted octanol–water partition coefficient (Wildman–Crippen LogP) is 5.16. The van der Waals surface area contributed by atoms with Gasteiger partial charge in [-0.05, 0) is 37.3 Å². The van der Waals surface area contributed by atoms with Crippen molar-refractivity contribution in [3.63, 3.8) is 0 Å². The second-order valence-electron chi connectivity index (χ2n) is 7.01. The summed E-state index contributed by atoms with van der Waals surface area (Å²) in [6.45, 7) is 1.93. The lowest BCUT2D eigenvalue weighted by Gasteiger charge is -2.18. The minimum absolute atomic E-state index is 0.00414. The lowest BCUT2D eigenvalue weighted by atomic mass is 10.0. The molecular weight excluding hydrogens is 437 g/mol. The third-order valence-electron chi connectivity index (χ3n) is 4.79. The van der Waals surface area contributed by atoms with E-state index >= 15 is 0 Å². The summed E-state index contributed by atoms with van der Waals surface area (Å²) in [6, 6.07) is 18.8. The molecule has 0 amide bonds. The van der Waals surface area contributed by atoms with Crippen molar-refractivity contribution >= 4 is 46.0 Å². The molecule has 4 rings (SSSR count). The van der Waals surface area contributed by atoms with Gasteiger partial charge in [0, 0.05) is 10.6 Å². The molecule has 0 fully saturated rings. The van der Waals surface area contributed by atoms with Crippen LogP contribution in [0.4, 0.5) is 0 Å². The number of nitrogens with zero attached hydrogens (tertiary/aromatic N) is 3. The number of carbonyl (C=O) groups is 2. The molecule has 1 heterocycles. The fourth-order valence-electron chi connectivity index (χ4n) is 3.13. The van der Waals surface area contributed by atoms with Gasteiger partial charge in [0.05, 0.1) is 22.6 Å². The van der Waals surface area contributed by atoms with Crippen LogP contribution in [0.25, 0.3) is 11.0 Å². The zero-order valence-electron chi connectivity index (χ0n) is 16.5. The maximum atomic E-state index is 13.2. The number of rotatable bonds is 6. The normalized spacial score (nSPS) is 12.0. The first-order chi connectivity index (χ1) is 14.9. The summed E-state index contributed by atoms with van der Waals surface area (Å²) in [5, 5.41) is 8.75. The highest BCUT2D eigenvalue weighted by Gasteiger charge is 2.27. The first-order valence-corrected chi connectivity index (χ1v) is 10.2. The smallest absolute Gasteiger partial charge is 0.340 e. The number of aryl methyl sites for hydroxylation is 1. The number of ether oxygens (including phenoxy) is 1. The van der Waals surface area contributed by atoms with Crippen LogP contribution in [0.3, 0.4) is 0 Å². The molecule has 0 saturated heterocycles. The molecule has 0 radical (unpaired) electrons. The molecule has 0 aliphatic rings. The number of Topliss-reactive ketones (excluding diaryl/α,β-unsaturated/α-hetero) is 1. The van der Waals surface area contributed by atoms with Crippen molar-refractivity contribution in [3.05, 3.63) is 93.5 Å². The van der Waals surface area contributed by atoms with Gasteiger partial charge in [-0.25, -0.2) is 9.48 Å². The Labute approximate surface area is 188 Å². The molecule has 31 heavy (non-hydrogen) atoms. The second-order valence-corrected chi connectivity index (χ2v) is 7.85. The van der Waals surface area contributed by atoms with Gasteiger partial charge in [0.15, 0.2) is 6.10 Å². The van der Waals surface area contributed by atoms with Crippen LogP contribution in [-0.2, 0) is 11.3 Å². The number of halogens is 2. The number of aromatic nitrogens is 3. The van der Waals surface area contributed by atoms with Crippen molar-refractivity contribution < 1.29 is 14.3 Å². The molecule has 0 saturated carbocycles. The average molecular weight is 454 g/mol. The van der Waals surface area contributed by atoms with Gasteiger partial charge in [0.25, 0.3) is 0 Å². The SMILES string of the molecule is Cc1ccc(C(=O)[C@@H](Cn2nnc3ccccc32)OC(=O)c2ccc(Cl)cc2Cl)cc1. The largest absolute Gasteiger partial charge is 0.448 e. The molecule has 1 atom stereocenters. The number of esters is 1. The standard InChI is InChI=1S/C23H17Cl2N3O3/c1-14-6-8-15(9-7-14)22(29)21(13-28-20-5-3-2-4-19(20)26-27-28)31-23(30)17-11-10-16(24)12-18(17)25/h2-12,21H,13H2,1H3/t21-/m1/s1. The van der Waals surface area contributed by atoms with Crippen LogP contribution in [0.5, 0.6) is 0 Å². The second kappa shape index (κ2) is 8.88. The van der Waals surface area contributed by atoms with E-state index in [1.807, 2.05) is 43.3 Å². The van der Waals surface area contributed by atoms with Crippen LogP contribution in [-0.4, -0.2) is 32.9 Å². The molecule has 0 N–H and O–H groups in total. The van der Waals surface area contributed by atoms with Crippen molar-refractivity contribution in [1.29, 1.82) is 0 Å². The first kappa shape index (κ1) is 21.0. The zero-order valence-corrected chi connectivity index (χ0v) is 18.0. The van der Waals surface area contributed by atoms with Gasteiger partial charge in [-0.2, -0.15) is 0 Å². The van der Waals surface area contributed by atoms with Crippen molar-refractivity contribution in [2.45, 2.75) is 19.6 Å². The van der Waals surface area contributed by atoms with Gasteiger partial charge in [0.1, 0.15) is 5.52 Å². The summed E-state index contributed by atoms with van der Waals surface area (Å²) in [4.78, 5) is 26.1. The van der Waals surface area contributed by atoms with Crippen LogP contribution in [0, 0.1) is 6.92 Å². The maximum absolute atomic E-state index is 13.2. The highest BCUT2D eigenvalue weighted by molar-refractivity contribution is 6.36. The van der Waals surface area contributed by atoms with E-state index in [1.54, 1.807) is 16.8 Å². The summed E-state index contributed by atoms with van der Waals surface area (Å²) in [5.74, 6) is -1.07. The van der Waals surface area contributed by atoms with Crippen molar-refractivity contribution in [2.24, 2.45) is 0 Å². The minimum atomic E-state index is -1.13. The number of ketones is 1. The van der Waals surface area contributed by atoms with Crippen LogP contribution in [0.1, 0.15) is 26.3 Å². The van der Waals surface area contributed by atoms with Gasteiger partial charge in [-0.15, -0.1) is 5.10 Å². The van der Waals surface area contributed by atoms with Gasteiger partial charge >= 0.3 is 5.97 Å². The lowest BCUT2D eigenvalue weighted by molar-refractivity contribution is 0.0245.